The van der Waals surface area contributed by atoms with E-state index in [0.29, 0.717) is 11.5 Å². The summed E-state index contributed by atoms with van der Waals surface area (Å²) in [5.74, 6) is 1.44. The number of aromatic nitrogens is 1. The van der Waals surface area contributed by atoms with E-state index >= 15 is 0 Å². The predicted molar refractivity (Wildman–Crippen MR) is 85.6 cm³/mol. The van der Waals surface area contributed by atoms with Crippen LogP contribution in [0.5, 0.6) is 0 Å². The van der Waals surface area contributed by atoms with Crippen molar-refractivity contribution in [3.63, 3.8) is 0 Å². The SMILES string of the molecule is CCCNc1cc(C(=O)N(C)CC2CCN(C)C2)ccn1. The standard InChI is InChI=1S/C16H26N4O/c1-4-7-17-15-10-14(5-8-18-15)16(21)20(3)12-13-6-9-19(2)11-13/h5,8,10,13H,4,6-7,9,11-12H2,1-3H3,(H,17,18). The minimum absolute atomic E-state index is 0.0755. The van der Waals surface area contributed by atoms with E-state index in [1.165, 1.54) is 6.42 Å². The zero-order chi connectivity index (χ0) is 15.2. The molecule has 21 heavy (non-hydrogen) atoms. The molecule has 5 heteroatoms. The molecule has 5 nitrogen and oxygen atoms in total. The highest BCUT2D eigenvalue weighted by molar-refractivity contribution is 5.94. The van der Waals surface area contributed by atoms with Crippen molar-refractivity contribution in [2.24, 2.45) is 5.92 Å². The highest BCUT2D eigenvalue weighted by atomic mass is 16.2. The summed E-state index contributed by atoms with van der Waals surface area (Å²) in [6, 6.07) is 3.63. The summed E-state index contributed by atoms with van der Waals surface area (Å²) in [6.07, 6.45) is 3.91. The number of carbonyl (C=O) groups is 1. The third-order valence-corrected chi connectivity index (χ3v) is 3.93. The predicted octanol–water partition coefficient (Wildman–Crippen LogP) is 1.93. The molecule has 1 N–H and O–H groups in total. The summed E-state index contributed by atoms with van der Waals surface area (Å²) < 4.78 is 0. The summed E-state index contributed by atoms with van der Waals surface area (Å²) in [4.78, 5) is 20.9. The Morgan fingerprint density at radius 2 is 2.38 bits per heavy atom. The monoisotopic (exact) mass is 290 g/mol. The summed E-state index contributed by atoms with van der Waals surface area (Å²) >= 11 is 0. The fourth-order valence-corrected chi connectivity index (χ4v) is 2.78. The first-order valence-electron chi connectivity index (χ1n) is 7.74. The minimum Gasteiger partial charge on any atom is -0.370 e. The van der Waals surface area contributed by atoms with Crippen LogP contribution in [0.15, 0.2) is 18.3 Å². The lowest BCUT2D eigenvalue weighted by Gasteiger charge is -2.21. The lowest BCUT2D eigenvalue weighted by atomic mass is 10.1. The molecule has 1 aliphatic heterocycles. The van der Waals surface area contributed by atoms with Crippen molar-refractivity contribution in [1.82, 2.24) is 14.8 Å². The molecule has 2 heterocycles. The van der Waals surface area contributed by atoms with Crippen LogP contribution in [-0.2, 0) is 0 Å². The Balaban J connectivity index is 1.95. The second kappa shape index (κ2) is 7.41. The molecule has 1 aromatic rings. The second-order valence-corrected chi connectivity index (χ2v) is 5.96. The molecule has 0 bridgehead atoms. The van der Waals surface area contributed by atoms with E-state index in [1.54, 1.807) is 12.3 Å². The lowest BCUT2D eigenvalue weighted by molar-refractivity contribution is 0.0774. The van der Waals surface area contributed by atoms with Crippen molar-refractivity contribution < 1.29 is 4.79 Å². The van der Waals surface area contributed by atoms with E-state index < -0.39 is 0 Å². The summed E-state index contributed by atoms with van der Waals surface area (Å²) in [6.45, 7) is 6.01. The number of amides is 1. The number of nitrogens with one attached hydrogen (secondary N) is 1. The minimum atomic E-state index is 0.0755. The molecular weight excluding hydrogens is 264 g/mol. The van der Waals surface area contributed by atoms with Gasteiger partial charge in [0, 0.05) is 38.4 Å². The molecule has 1 saturated heterocycles. The van der Waals surface area contributed by atoms with Crippen LogP contribution in [0.25, 0.3) is 0 Å². The number of pyridine rings is 1. The molecule has 1 aromatic heterocycles. The fourth-order valence-electron chi connectivity index (χ4n) is 2.78. The number of nitrogens with zero attached hydrogens (tertiary/aromatic N) is 3. The average Bonchev–Trinajstić information content (AvgIpc) is 2.89. The molecule has 0 spiro atoms. The van der Waals surface area contributed by atoms with E-state index in [0.717, 1.165) is 38.4 Å². The van der Waals surface area contributed by atoms with Gasteiger partial charge >= 0.3 is 0 Å². The van der Waals surface area contributed by atoms with Crippen LogP contribution in [0.1, 0.15) is 30.1 Å². The second-order valence-electron chi connectivity index (χ2n) is 5.96. The van der Waals surface area contributed by atoms with Crippen LogP contribution in [0.4, 0.5) is 5.82 Å². The highest BCUT2D eigenvalue weighted by Crippen LogP contribution is 2.17. The first-order chi connectivity index (χ1) is 10.1. The van der Waals surface area contributed by atoms with Crippen LogP contribution in [0.2, 0.25) is 0 Å². The van der Waals surface area contributed by atoms with Crippen LogP contribution >= 0.6 is 0 Å². The quantitative estimate of drug-likeness (QED) is 0.869. The van der Waals surface area contributed by atoms with Gasteiger partial charge in [0.2, 0.25) is 0 Å². The van der Waals surface area contributed by atoms with Crippen LogP contribution in [0, 0.1) is 5.92 Å². The van der Waals surface area contributed by atoms with Crippen molar-refractivity contribution >= 4 is 11.7 Å². The molecular formula is C16H26N4O. The van der Waals surface area contributed by atoms with E-state index in [9.17, 15) is 4.79 Å². The topological polar surface area (TPSA) is 48.5 Å². The fraction of sp³-hybridized carbons (Fsp3) is 0.625. The maximum absolute atomic E-state index is 12.5. The summed E-state index contributed by atoms with van der Waals surface area (Å²) in [5.41, 5.74) is 0.706. The van der Waals surface area contributed by atoms with Gasteiger partial charge < -0.3 is 15.1 Å². The Bertz CT molecular complexity index is 477. The lowest BCUT2D eigenvalue weighted by Crippen LogP contribution is -2.32. The average molecular weight is 290 g/mol. The van der Waals surface area contributed by atoms with Gasteiger partial charge in [0.25, 0.3) is 5.91 Å². The maximum atomic E-state index is 12.5. The van der Waals surface area contributed by atoms with E-state index in [1.807, 2.05) is 18.0 Å². The molecule has 1 unspecified atom stereocenters. The van der Waals surface area contributed by atoms with E-state index in [-0.39, 0.29) is 5.91 Å². The van der Waals surface area contributed by atoms with Gasteiger partial charge in [-0.2, -0.15) is 0 Å². The first-order valence-corrected chi connectivity index (χ1v) is 7.74. The van der Waals surface area contributed by atoms with Crippen LogP contribution < -0.4 is 5.32 Å². The van der Waals surface area contributed by atoms with Gasteiger partial charge in [-0.1, -0.05) is 6.92 Å². The van der Waals surface area contributed by atoms with E-state index in [4.69, 9.17) is 0 Å². The highest BCUT2D eigenvalue weighted by Gasteiger charge is 2.23. The van der Waals surface area contributed by atoms with E-state index in [2.05, 4.69) is 29.2 Å². The van der Waals surface area contributed by atoms with Crippen molar-refractivity contribution in [2.45, 2.75) is 19.8 Å². The first kappa shape index (κ1) is 15.8. The van der Waals surface area contributed by atoms with Crippen LogP contribution in [0.3, 0.4) is 0 Å². The third-order valence-electron chi connectivity index (χ3n) is 3.93. The summed E-state index contributed by atoms with van der Waals surface area (Å²) in [5, 5.41) is 3.22. The third kappa shape index (κ3) is 4.43. The Morgan fingerprint density at radius 1 is 1.57 bits per heavy atom. The van der Waals surface area contributed by atoms with Crippen LogP contribution in [-0.4, -0.2) is 61.0 Å². The molecule has 116 valence electrons. The van der Waals surface area contributed by atoms with Gasteiger partial charge in [0.05, 0.1) is 0 Å². The number of rotatable bonds is 6. The molecule has 0 radical (unpaired) electrons. The number of hydrogen-bond acceptors (Lipinski definition) is 4. The van der Waals surface area contributed by atoms with Gasteiger partial charge in [-0.25, -0.2) is 4.98 Å². The molecule has 2 rings (SSSR count). The number of carbonyl (C=O) groups excluding carboxylic acids is 1. The molecule has 0 aromatic carbocycles. The van der Waals surface area contributed by atoms with Gasteiger partial charge in [0.15, 0.2) is 0 Å². The number of hydrogen-bond donors (Lipinski definition) is 1. The Kier molecular flexibility index (Phi) is 5.56. The maximum Gasteiger partial charge on any atom is 0.253 e. The number of anilines is 1. The van der Waals surface area contributed by atoms with Gasteiger partial charge in [0.1, 0.15) is 5.82 Å². The Labute approximate surface area is 127 Å². The zero-order valence-electron chi connectivity index (χ0n) is 13.3. The van der Waals surface area contributed by atoms with Gasteiger partial charge in [-0.15, -0.1) is 0 Å². The Hall–Kier alpha value is -1.62. The largest absolute Gasteiger partial charge is 0.370 e. The molecule has 0 saturated carbocycles. The van der Waals surface area contributed by atoms with Gasteiger partial charge in [-0.3, -0.25) is 4.79 Å². The number of likely N-dealkylation sites (tertiary alicyclic amines) is 1. The van der Waals surface area contributed by atoms with Crippen molar-refractivity contribution in [1.29, 1.82) is 0 Å². The smallest absolute Gasteiger partial charge is 0.253 e. The van der Waals surface area contributed by atoms with Gasteiger partial charge in [-0.05, 0) is 44.5 Å². The molecule has 1 atom stereocenters. The molecule has 1 amide bonds. The summed E-state index contributed by atoms with van der Waals surface area (Å²) in [7, 11) is 4.02. The molecule has 1 aliphatic rings. The normalized spacial score (nSPS) is 18.7. The van der Waals surface area contributed by atoms with Crippen molar-refractivity contribution in [2.75, 3.05) is 45.6 Å². The Morgan fingerprint density at radius 3 is 3.05 bits per heavy atom. The zero-order valence-corrected chi connectivity index (χ0v) is 13.3. The van der Waals surface area contributed by atoms with Crippen molar-refractivity contribution in [3.05, 3.63) is 23.9 Å². The molecule has 1 fully saturated rings. The molecule has 0 aliphatic carbocycles. The van der Waals surface area contributed by atoms with Crippen molar-refractivity contribution in [3.8, 4) is 0 Å².